The van der Waals surface area contributed by atoms with Gasteiger partial charge >= 0.3 is 0 Å². The molecule has 1 heterocycles. The molecule has 96 valence electrons. The maximum Gasteiger partial charge on any atom is 0.221 e. The highest BCUT2D eigenvalue weighted by atomic mass is 79.9. The zero-order valence-corrected chi connectivity index (χ0v) is 12.9. The van der Waals surface area contributed by atoms with Crippen LogP contribution in [0.5, 0.6) is 0 Å². The van der Waals surface area contributed by atoms with Gasteiger partial charge in [-0.1, -0.05) is 0 Å². The average Bonchev–Trinajstić information content (AvgIpc) is 2.56. The minimum absolute atomic E-state index is 0.0940. The van der Waals surface area contributed by atoms with Crippen LogP contribution in [-0.4, -0.2) is 18.0 Å². The molecule has 0 unspecified atom stereocenters. The van der Waals surface area contributed by atoms with Crippen molar-refractivity contribution in [3.63, 3.8) is 0 Å². The lowest BCUT2D eigenvalue weighted by Gasteiger charge is -2.20. The van der Waals surface area contributed by atoms with Gasteiger partial charge in [-0.25, -0.2) is 0 Å². The molecule has 0 aliphatic rings. The molecule has 0 saturated carbocycles. The molecule has 5 heteroatoms. The van der Waals surface area contributed by atoms with E-state index < -0.39 is 0 Å². The van der Waals surface area contributed by atoms with E-state index in [1.54, 1.807) is 11.3 Å². The Hall–Kier alpha value is -0.390. The van der Waals surface area contributed by atoms with Gasteiger partial charge in [0.15, 0.2) is 0 Å². The molecule has 1 amide bonds. The molecule has 3 nitrogen and oxygen atoms in total. The van der Waals surface area contributed by atoms with Gasteiger partial charge in [0, 0.05) is 25.0 Å². The van der Waals surface area contributed by atoms with Crippen molar-refractivity contribution in [2.24, 2.45) is 0 Å². The monoisotopic (exact) mass is 318 g/mol. The second-order valence-corrected chi connectivity index (χ2v) is 7.27. The van der Waals surface area contributed by atoms with Crippen LogP contribution in [0.25, 0.3) is 0 Å². The second kappa shape index (κ2) is 6.52. The maximum absolute atomic E-state index is 11.5. The fraction of sp³-hybridized carbons (Fsp3) is 0.583. The molecule has 0 aliphatic carbocycles. The second-order valence-electron chi connectivity index (χ2n) is 4.98. The summed E-state index contributed by atoms with van der Waals surface area (Å²) in [4.78, 5) is 11.5. The minimum atomic E-state index is -0.144. The van der Waals surface area contributed by atoms with E-state index in [9.17, 15) is 4.79 Å². The average molecular weight is 319 g/mol. The Balaban J connectivity index is 2.14. The molecule has 1 aromatic rings. The summed E-state index contributed by atoms with van der Waals surface area (Å²) < 4.78 is 1.14. The number of rotatable bonds is 5. The number of nitrogens with one attached hydrogen (secondary N) is 2. The number of amides is 1. The summed E-state index contributed by atoms with van der Waals surface area (Å²) in [6, 6.07) is 2.09. The van der Waals surface area contributed by atoms with Crippen LogP contribution in [0.2, 0.25) is 0 Å². The lowest BCUT2D eigenvalue weighted by molar-refractivity contribution is -0.122. The highest BCUT2D eigenvalue weighted by molar-refractivity contribution is 9.11. The van der Waals surface area contributed by atoms with Gasteiger partial charge in [0.1, 0.15) is 0 Å². The van der Waals surface area contributed by atoms with Crippen LogP contribution in [-0.2, 0) is 11.3 Å². The lowest BCUT2D eigenvalue weighted by atomic mass is 10.1. The zero-order valence-electron chi connectivity index (χ0n) is 10.5. The number of hydrogen-bond acceptors (Lipinski definition) is 3. The van der Waals surface area contributed by atoms with Crippen molar-refractivity contribution in [2.45, 2.75) is 39.3 Å². The first-order chi connectivity index (χ1) is 7.87. The van der Waals surface area contributed by atoms with E-state index in [1.807, 2.05) is 20.8 Å². The standard InChI is InChI=1S/C12H19BrN2OS/c1-12(2,3)15-11(16)4-5-14-7-9-6-10(13)17-8-9/h6,8,14H,4-5,7H2,1-3H3,(H,15,16). The van der Waals surface area contributed by atoms with Gasteiger partial charge in [-0.15, -0.1) is 11.3 Å². The quantitative estimate of drug-likeness (QED) is 0.820. The topological polar surface area (TPSA) is 41.1 Å². The zero-order chi connectivity index (χ0) is 12.9. The highest BCUT2D eigenvalue weighted by Crippen LogP contribution is 2.20. The van der Waals surface area contributed by atoms with Crippen LogP contribution in [0.3, 0.4) is 0 Å². The number of halogens is 1. The van der Waals surface area contributed by atoms with Gasteiger partial charge < -0.3 is 10.6 Å². The fourth-order valence-corrected chi connectivity index (χ4v) is 2.56. The van der Waals surface area contributed by atoms with E-state index in [0.29, 0.717) is 13.0 Å². The van der Waals surface area contributed by atoms with Gasteiger partial charge in [0.05, 0.1) is 3.79 Å². The first kappa shape index (κ1) is 14.7. The third-order valence-electron chi connectivity index (χ3n) is 1.99. The Morgan fingerprint density at radius 1 is 1.47 bits per heavy atom. The predicted molar refractivity (Wildman–Crippen MR) is 76.2 cm³/mol. The van der Waals surface area contributed by atoms with Gasteiger partial charge in [0.2, 0.25) is 5.91 Å². The first-order valence-corrected chi connectivity index (χ1v) is 7.29. The number of hydrogen-bond donors (Lipinski definition) is 2. The molecular formula is C12H19BrN2OS. The molecule has 1 aromatic heterocycles. The Labute approximate surface area is 115 Å². The van der Waals surface area contributed by atoms with Crippen LogP contribution < -0.4 is 10.6 Å². The molecule has 17 heavy (non-hydrogen) atoms. The maximum atomic E-state index is 11.5. The SMILES string of the molecule is CC(C)(C)NC(=O)CCNCc1csc(Br)c1. The lowest BCUT2D eigenvalue weighted by Crippen LogP contribution is -2.41. The van der Waals surface area contributed by atoms with E-state index in [-0.39, 0.29) is 11.4 Å². The number of carbonyl (C=O) groups is 1. The predicted octanol–water partition coefficient (Wildman–Crippen LogP) is 2.91. The highest BCUT2D eigenvalue weighted by Gasteiger charge is 2.12. The summed E-state index contributed by atoms with van der Waals surface area (Å²) >= 11 is 5.10. The molecule has 0 radical (unpaired) electrons. The fourth-order valence-electron chi connectivity index (χ4n) is 1.35. The summed E-state index contributed by atoms with van der Waals surface area (Å²) in [5.74, 6) is 0.0940. The van der Waals surface area contributed by atoms with Crippen molar-refractivity contribution in [3.05, 3.63) is 20.8 Å². The number of carbonyl (C=O) groups excluding carboxylic acids is 1. The Morgan fingerprint density at radius 2 is 2.18 bits per heavy atom. The van der Waals surface area contributed by atoms with Crippen LogP contribution in [0.4, 0.5) is 0 Å². The van der Waals surface area contributed by atoms with Crippen molar-refractivity contribution in [1.82, 2.24) is 10.6 Å². The van der Waals surface area contributed by atoms with Gasteiger partial charge in [0.25, 0.3) is 0 Å². The molecule has 0 bridgehead atoms. The van der Waals surface area contributed by atoms with Crippen molar-refractivity contribution in [3.8, 4) is 0 Å². The Kier molecular flexibility index (Phi) is 5.62. The smallest absolute Gasteiger partial charge is 0.221 e. The van der Waals surface area contributed by atoms with Crippen molar-refractivity contribution in [1.29, 1.82) is 0 Å². The van der Waals surface area contributed by atoms with Crippen molar-refractivity contribution < 1.29 is 4.79 Å². The summed E-state index contributed by atoms with van der Waals surface area (Å²) in [5.41, 5.74) is 1.10. The normalized spacial score (nSPS) is 11.5. The largest absolute Gasteiger partial charge is 0.351 e. The van der Waals surface area contributed by atoms with Crippen LogP contribution in [0.15, 0.2) is 15.2 Å². The van der Waals surface area contributed by atoms with Crippen LogP contribution >= 0.6 is 27.3 Å². The van der Waals surface area contributed by atoms with Gasteiger partial charge in [-0.2, -0.15) is 0 Å². The molecule has 0 aliphatic heterocycles. The first-order valence-electron chi connectivity index (χ1n) is 5.61. The third-order valence-corrected chi connectivity index (χ3v) is 3.55. The van der Waals surface area contributed by atoms with E-state index in [1.165, 1.54) is 5.56 Å². The molecule has 1 rings (SSSR count). The molecule has 0 spiro atoms. The molecule has 0 aromatic carbocycles. The molecule has 0 saturated heterocycles. The Morgan fingerprint density at radius 3 is 2.71 bits per heavy atom. The summed E-state index contributed by atoms with van der Waals surface area (Å²) in [6.07, 6.45) is 0.516. The van der Waals surface area contributed by atoms with Crippen LogP contribution in [0, 0.1) is 0 Å². The van der Waals surface area contributed by atoms with Gasteiger partial charge in [-0.05, 0) is 53.7 Å². The van der Waals surface area contributed by atoms with E-state index in [0.717, 1.165) is 10.3 Å². The van der Waals surface area contributed by atoms with Gasteiger partial charge in [-0.3, -0.25) is 4.79 Å². The molecule has 2 N–H and O–H groups in total. The Bertz CT molecular complexity index is 371. The summed E-state index contributed by atoms with van der Waals surface area (Å²) in [6.45, 7) is 7.48. The van der Waals surface area contributed by atoms with Crippen LogP contribution in [0.1, 0.15) is 32.8 Å². The van der Waals surface area contributed by atoms with E-state index in [4.69, 9.17) is 0 Å². The summed E-state index contributed by atoms with van der Waals surface area (Å²) in [7, 11) is 0. The minimum Gasteiger partial charge on any atom is -0.351 e. The summed E-state index contributed by atoms with van der Waals surface area (Å²) in [5, 5.41) is 8.30. The molecule has 0 fully saturated rings. The molecular weight excluding hydrogens is 300 g/mol. The number of thiophene rings is 1. The van der Waals surface area contributed by atoms with Crippen molar-refractivity contribution in [2.75, 3.05) is 6.54 Å². The van der Waals surface area contributed by atoms with E-state index >= 15 is 0 Å². The van der Waals surface area contributed by atoms with Crippen molar-refractivity contribution >= 4 is 33.2 Å². The van der Waals surface area contributed by atoms with E-state index in [2.05, 4.69) is 38.0 Å². The third kappa shape index (κ3) is 6.81. The molecule has 0 atom stereocenters.